The lowest BCUT2D eigenvalue weighted by Crippen LogP contribution is -2.48. The molecule has 0 radical (unpaired) electrons. The van der Waals surface area contributed by atoms with Crippen LogP contribution in [0.1, 0.15) is 64.2 Å². The Bertz CT molecular complexity index is 1390. The lowest BCUT2D eigenvalue weighted by molar-refractivity contribution is 0.0919. The number of rotatable bonds is 3. The van der Waals surface area contributed by atoms with E-state index in [9.17, 15) is 14.9 Å². The number of benzene rings is 3. The van der Waals surface area contributed by atoms with E-state index in [0.29, 0.717) is 16.7 Å². The number of nitrogens with one attached hydrogen (secondary N) is 2. The van der Waals surface area contributed by atoms with Crippen molar-refractivity contribution in [3.8, 4) is 6.07 Å². The maximum atomic E-state index is 13.0. The Morgan fingerprint density at radius 2 is 1.65 bits per heavy atom. The smallest absolute Gasteiger partial charge is 0.256 e. The first-order valence-electron chi connectivity index (χ1n) is 12.6. The highest BCUT2D eigenvalue weighted by Crippen LogP contribution is 2.39. The fraction of sp³-hybridized carbons (Fsp3) is 0.300. The third-order valence-electron chi connectivity index (χ3n) is 6.89. The van der Waals surface area contributed by atoms with Crippen LogP contribution < -0.4 is 15.5 Å². The molecule has 0 bridgehead atoms. The predicted molar refractivity (Wildman–Crippen MR) is 145 cm³/mol. The van der Waals surface area contributed by atoms with Crippen molar-refractivity contribution in [3.63, 3.8) is 0 Å². The number of fused-ring (bicyclic) bond motifs is 2. The third kappa shape index (κ3) is 4.93. The minimum Gasteiger partial charge on any atom is -0.368 e. The molecule has 1 unspecified atom stereocenters. The Hall–Kier alpha value is -4.15. The van der Waals surface area contributed by atoms with Gasteiger partial charge in [-0.15, -0.1) is 0 Å². The highest BCUT2D eigenvalue weighted by atomic mass is 16.2. The Morgan fingerprint density at radius 3 is 2.35 bits per heavy atom. The minimum atomic E-state index is -0.353. The number of anilines is 2. The summed E-state index contributed by atoms with van der Waals surface area (Å²) in [4.78, 5) is 30.2. The largest absolute Gasteiger partial charge is 0.368 e. The van der Waals surface area contributed by atoms with Crippen LogP contribution in [0.15, 0.2) is 66.7 Å². The van der Waals surface area contributed by atoms with E-state index in [0.717, 1.165) is 48.7 Å². The first-order chi connectivity index (χ1) is 17.7. The van der Waals surface area contributed by atoms with Crippen molar-refractivity contribution in [1.82, 2.24) is 10.2 Å². The summed E-state index contributed by atoms with van der Waals surface area (Å²) in [5.74, 6) is -0.271. The number of carbonyl (C=O) groups excluding carboxylic acids is 2. The van der Waals surface area contributed by atoms with Crippen LogP contribution in [0.3, 0.4) is 0 Å². The second-order valence-corrected chi connectivity index (χ2v) is 10.6. The Kier molecular flexibility index (Phi) is 6.45. The third-order valence-corrected chi connectivity index (χ3v) is 6.89. The molecule has 0 saturated carbocycles. The predicted octanol–water partition coefficient (Wildman–Crippen LogP) is 4.56. The molecule has 188 valence electrons. The van der Waals surface area contributed by atoms with Crippen molar-refractivity contribution < 1.29 is 9.59 Å². The van der Waals surface area contributed by atoms with Gasteiger partial charge in [0.2, 0.25) is 0 Å². The number of carbonyl (C=O) groups is 2. The zero-order chi connectivity index (χ0) is 26.2. The van der Waals surface area contributed by atoms with Gasteiger partial charge in [0.25, 0.3) is 11.8 Å². The standard InChI is InChI=1S/C30H31N5O2/c1-30(2,3)33-28(36)20-12-13-26(21(18-20)19-31)34-14-16-35(17-15-34)27-22-8-4-5-9-23(22)29(37)32-25-11-7-6-10-24(25)27/h4-13,18,27H,14-17H2,1-3H3,(H,32,37)(H,33,36). The first kappa shape index (κ1) is 24.5. The number of amides is 2. The van der Waals surface area contributed by atoms with Crippen molar-refractivity contribution in [2.24, 2.45) is 0 Å². The summed E-state index contributed by atoms with van der Waals surface area (Å²) >= 11 is 0. The molecule has 5 rings (SSSR count). The van der Waals surface area contributed by atoms with Gasteiger partial charge in [0.15, 0.2) is 0 Å². The molecule has 1 fully saturated rings. The quantitative estimate of drug-likeness (QED) is 0.558. The fourth-order valence-electron chi connectivity index (χ4n) is 5.22. The maximum Gasteiger partial charge on any atom is 0.256 e. The number of hydrogen-bond donors (Lipinski definition) is 2. The average molecular weight is 494 g/mol. The number of nitriles is 1. The first-order valence-corrected chi connectivity index (χ1v) is 12.6. The van der Waals surface area contributed by atoms with Gasteiger partial charge in [0, 0.05) is 48.5 Å². The van der Waals surface area contributed by atoms with E-state index >= 15 is 0 Å². The number of nitrogens with zero attached hydrogens (tertiary/aromatic N) is 3. The van der Waals surface area contributed by atoms with E-state index in [-0.39, 0.29) is 23.4 Å². The van der Waals surface area contributed by atoms with Crippen LogP contribution in [-0.2, 0) is 0 Å². The molecule has 1 atom stereocenters. The molecule has 1 saturated heterocycles. The molecule has 3 aromatic carbocycles. The van der Waals surface area contributed by atoms with Gasteiger partial charge >= 0.3 is 0 Å². The second-order valence-electron chi connectivity index (χ2n) is 10.6. The lowest BCUT2D eigenvalue weighted by atomic mass is 9.93. The van der Waals surface area contributed by atoms with Crippen LogP contribution in [0.25, 0.3) is 0 Å². The topological polar surface area (TPSA) is 88.5 Å². The van der Waals surface area contributed by atoms with Gasteiger partial charge in [-0.2, -0.15) is 5.26 Å². The highest BCUT2D eigenvalue weighted by molar-refractivity contribution is 6.07. The highest BCUT2D eigenvalue weighted by Gasteiger charge is 2.33. The van der Waals surface area contributed by atoms with Crippen LogP contribution in [0.5, 0.6) is 0 Å². The van der Waals surface area contributed by atoms with Crippen molar-refractivity contribution in [2.75, 3.05) is 36.4 Å². The fourth-order valence-corrected chi connectivity index (χ4v) is 5.22. The second kappa shape index (κ2) is 9.72. The normalized spacial score (nSPS) is 17.6. The Morgan fingerprint density at radius 1 is 0.973 bits per heavy atom. The van der Waals surface area contributed by atoms with Crippen LogP contribution in [0.4, 0.5) is 11.4 Å². The average Bonchev–Trinajstić information content (AvgIpc) is 3.01. The van der Waals surface area contributed by atoms with Crippen LogP contribution in [-0.4, -0.2) is 48.4 Å². The van der Waals surface area contributed by atoms with Crippen molar-refractivity contribution in [2.45, 2.75) is 32.4 Å². The van der Waals surface area contributed by atoms with Gasteiger partial charge in [-0.25, -0.2) is 0 Å². The van der Waals surface area contributed by atoms with Crippen molar-refractivity contribution in [3.05, 3.63) is 94.5 Å². The molecular formula is C30H31N5O2. The molecule has 2 heterocycles. The molecule has 0 aliphatic carbocycles. The van der Waals surface area contributed by atoms with Gasteiger partial charge in [-0.1, -0.05) is 36.4 Å². The van der Waals surface area contributed by atoms with E-state index in [2.05, 4.69) is 32.6 Å². The maximum absolute atomic E-state index is 13.0. The monoisotopic (exact) mass is 493 g/mol. The molecule has 0 aromatic heterocycles. The van der Waals surface area contributed by atoms with Crippen LogP contribution in [0.2, 0.25) is 0 Å². The number of piperazine rings is 1. The zero-order valence-corrected chi connectivity index (χ0v) is 21.4. The van der Waals surface area contributed by atoms with E-state index < -0.39 is 0 Å². The molecule has 0 spiro atoms. The molecule has 2 aliphatic rings. The van der Waals surface area contributed by atoms with Gasteiger partial charge in [-0.3, -0.25) is 14.5 Å². The molecule has 3 aromatic rings. The summed E-state index contributed by atoms with van der Waals surface area (Å²) in [7, 11) is 0. The molecule has 2 amide bonds. The molecule has 7 heteroatoms. The lowest BCUT2D eigenvalue weighted by Gasteiger charge is -2.41. The van der Waals surface area contributed by atoms with Gasteiger partial charge < -0.3 is 15.5 Å². The van der Waals surface area contributed by atoms with E-state index in [1.807, 2.05) is 69.3 Å². The van der Waals surface area contributed by atoms with E-state index in [4.69, 9.17) is 0 Å². The summed E-state index contributed by atoms with van der Waals surface area (Å²) in [6, 6.07) is 23.4. The summed E-state index contributed by atoms with van der Waals surface area (Å²) in [5, 5.41) is 15.9. The molecule has 7 nitrogen and oxygen atoms in total. The summed E-state index contributed by atoms with van der Waals surface area (Å²) in [6.07, 6.45) is 0. The summed E-state index contributed by atoms with van der Waals surface area (Å²) in [5.41, 5.74) is 5.09. The Labute approximate surface area is 217 Å². The van der Waals surface area contributed by atoms with Crippen LogP contribution >= 0.6 is 0 Å². The van der Waals surface area contributed by atoms with Gasteiger partial charge in [0.1, 0.15) is 6.07 Å². The van der Waals surface area contributed by atoms with Crippen LogP contribution in [0, 0.1) is 11.3 Å². The van der Waals surface area contributed by atoms with E-state index in [1.54, 1.807) is 12.1 Å². The minimum absolute atomic E-state index is 0.0487. The molecule has 2 N–H and O–H groups in total. The number of para-hydroxylation sites is 1. The zero-order valence-electron chi connectivity index (χ0n) is 21.4. The molecule has 37 heavy (non-hydrogen) atoms. The molecular weight excluding hydrogens is 462 g/mol. The van der Waals surface area contributed by atoms with E-state index in [1.165, 1.54) is 0 Å². The SMILES string of the molecule is CC(C)(C)NC(=O)c1ccc(N2CCN(C3c4ccccc4NC(=O)c4ccccc43)CC2)c(C#N)c1. The van der Waals surface area contributed by atoms with Gasteiger partial charge in [-0.05, 0) is 62.2 Å². The Balaban J connectivity index is 1.39. The number of hydrogen-bond acceptors (Lipinski definition) is 5. The summed E-state index contributed by atoms with van der Waals surface area (Å²) in [6.45, 7) is 8.77. The van der Waals surface area contributed by atoms with Crippen molar-refractivity contribution in [1.29, 1.82) is 5.26 Å². The van der Waals surface area contributed by atoms with Crippen molar-refractivity contribution >= 4 is 23.2 Å². The molecule has 2 aliphatic heterocycles. The summed E-state index contributed by atoms with van der Waals surface area (Å²) < 4.78 is 0. The van der Waals surface area contributed by atoms with Gasteiger partial charge in [0.05, 0.1) is 17.3 Å².